The van der Waals surface area contributed by atoms with Gasteiger partial charge in [-0.25, -0.2) is 4.79 Å². The lowest BCUT2D eigenvalue weighted by Crippen LogP contribution is -2.48. The highest BCUT2D eigenvalue weighted by Gasteiger charge is 2.29. The topological polar surface area (TPSA) is 59.0 Å². The SMILES string of the molecule is CC1CCC(CN2CCOC(C(=O)O)C2)O1. The Kier molecular flexibility index (Phi) is 3.78. The Labute approximate surface area is 95.3 Å². The van der Waals surface area contributed by atoms with Crippen LogP contribution in [0.5, 0.6) is 0 Å². The van der Waals surface area contributed by atoms with Crippen LogP contribution in [0.25, 0.3) is 0 Å². The molecule has 1 N–H and O–H groups in total. The fraction of sp³-hybridized carbons (Fsp3) is 0.909. The molecule has 0 bridgehead atoms. The summed E-state index contributed by atoms with van der Waals surface area (Å²) in [5.41, 5.74) is 0. The van der Waals surface area contributed by atoms with Gasteiger partial charge in [0.05, 0.1) is 18.8 Å². The van der Waals surface area contributed by atoms with Crippen LogP contribution in [0.4, 0.5) is 0 Å². The second-order valence-corrected chi connectivity index (χ2v) is 4.60. The Morgan fingerprint density at radius 1 is 1.50 bits per heavy atom. The largest absolute Gasteiger partial charge is 0.479 e. The summed E-state index contributed by atoms with van der Waals surface area (Å²) in [6.07, 6.45) is 2.13. The molecule has 92 valence electrons. The number of hydrogen-bond donors (Lipinski definition) is 1. The van der Waals surface area contributed by atoms with Crippen molar-refractivity contribution in [3.05, 3.63) is 0 Å². The number of hydrogen-bond acceptors (Lipinski definition) is 4. The number of aliphatic carboxylic acids is 1. The second kappa shape index (κ2) is 5.12. The molecule has 0 aromatic carbocycles. The van der Waals surface area contributed by atoms with Gasteiger partial charge < -0.3 is 14.6 Å². The van der Waals surface area contributed by atoms with E-state index in [9.17, 15) is 4.79 Å². The van der Waals surface area contributed by atoms with Crippen molar-refractivity contribution in [2.75, 3.05) is 26.2 Å². The van der Waals surface area contributed by atoms with Crippen molar-refractivity contribution in [1.29, 1.82) is 0 Å². The summed E-state index contributed by atoms with van der Waals surface area (Å²) in [6, 6.07) is 0. The molecule has 2 heterocycles. The van der Waals surface area contributed by atoms with Gasteiger partial charge in [0, 0.05) is 19.6 Å². The van der Waals surface area contributed by atoms with E-state index in [4.69, 9.17) is 14.6 Å². The van der Waals surface area contributed by atoms with E-state index in [0.717, 1.165) is 25.9 Å². The normalized spacial score (nSPS) is 36.4. The highest BCUT2D eigenvalue weighted by atomic mass is 16.5. The second-order valence-electron chi connectivity index (χ2n) is 4.60. The first-order valence-electron chi connectivity index (χ1n) is 5.87. The van der Waals surface area contributed by atoms with E-state index < -0.39 is 12.1 Å². The maximum Gasteiger partial charge on any atom is 0.334 e. The smallest absolute Gasteiger partial charge is 0.334 e. The van der Waals surface area contributed by atoms with E-state index in [-0.39, 0.29) is 6.10 Å². The molecule has 16 heavy (non-hydrogen) atoms. The zero-order valence-electron chi connectivity index (χ0n) is 9.59. The highest BCUT2D eigenvalue weighted by molar-refractivity contribution is 5.72. The summed E-state index contributed by atoms with van der Waals surface area (Å²) in [7, 11) is 0. The molecule has 3 unspecified atom stereocenters. The molecule has 2 aliphatic heterocycles. The molecule has 2 saturated heterocycles. The summed E-state index contributed by atoms with van der Waals surface area (Å²) in [6.45, 7) is 4.69. The minimum absolute atomic E-state index is 0.266. The van der Waals surface area contributed by atoms with Gasteiger partial charge in [0.2, 0.25) is 0 Å². The monoisotopic (exact) mass is 229 g/mol. The maximum atomic E-state index is 10.8. The van der Waals surface area contributed by atoms with Crippen molar-refractivity contribution in [2.24, 2.45) is 0 Å². The van der Waals surface area contributed by atoms with Gasteiger partial charge in [0.25, 0.3) is 0 Å². The summed E-state index contributed by atoms with van der Waals surface area (Å²) < 4.78 is 10.9. The third-order valence-corrected chi connectivity index (χ3v) is 3.21. The molecule has 5 nitrogen and oxygen atoms in total. The van der Waals surface area contributed by atoms with Gasteiger partial charge in [-0.15, -0.1) is 0 Å². The molecule has 0 aromatic heterocycles. The Morgan fingerprint density at radius 3 is 2.94 bits per heavy atom. The van der Waals surface area contributed by atoms with Crippen molar-refractivity contribution in [1.82, 2.24) is 4.90 Å². The van der Waals surface area contributed by atoms with Crippen LogP contribution in [-0.2, 0) is 14.3 Å². The Morgan fingerprint density at radius 2 is 2.31 bits per heavy atom. The Bertz CT molecular complexity index is 258. The number of carboxylic acid groups (broad SMARTS) is 1. The van der Waals surface area contributed by atoms with Gasteiger partial charge in [0.15, 0.2) is 6.10 Å². The number of nitrogens with zero attached hydrogens (tertiary/aromatic N) is 1. The van der Waals surface area contributed by atoms with Gasteiger partial charge >= 0.3 is 5.97 Å². The number of morpholine rings is 1. The van der Waals surface area contributed by atoms with Gasteiger partial charge in [-0.1, -0.05) is 0 Å². The number of rotatable bonds is 3. The number of carboxylic acids is 1. The predicted octanol–water partition coefficient (Wildman–Crippen LogP) is 0.339. The molecule has 0 spiro atoms. The van der Waals surface area contributed by atoms with Gasteiger partial charge in [0.1, 0.15) is 0 Å². The number of ether oxygens (including phenoxy) is 2. The Balaban J connectivity index is 1.79. The third kappa shape index (κ3) is 2.93. The maximum absolute atomic E-state index is 10.8. The van der Waals surface area contributed by atoms with E-state index >= 15 is 0 Å². The minimum Gasteiger partial charge on any atom is -0.479 e. The van der Waals surface area contributed by atoms with Crippen LogP contribution in [0.2, 0.25) is 0 Å². The highest BCUT2D eigenvalue weighted by Crippen LogP contribution is 2.20. The lowest BCUT2D eigenvalue weighted by Gasteiger charge is -2.32. The fourth-order valence-corrected chi connectivity index (χ4v) is 2.33. The first kappa shape index (κ1) is 11.8. The van der Waals surface area contributed by atoms with Crippen molar-refractivity contribution in [3.63, 3.8) is 0 Å². The van der Waals surface area contributed by atoms with E-state index in [2.05, 4.69) is 11.8 Å². The van der Waals surface area contributed by atoms with E-state index in [1.165, 1.54) is 0 Å². The molecule has 3 atom stereocenters. The van der Waals surface area contributed by atoms with E-state index in [0.29, 0.717) is 19.3 Å². The summed E-state index contributed by atoms with van der Waals surface area (Å²) in [5, 5.41) is 8.88. The van der Waals surface area contributed by atoms with Crippen LogP contribution < -0.4 is 0 Å². The Hall–Kier alpha value is -0.650. The summed E-state index contributed by atoms with van der Waals surface area (Å²) in [5.74, 6) is -0.870. The molecule has 5 heteroatoms. The number of carbonyl (C=O) groups is 1. The van der Waals surface area contributed by atoms with Gasteiger partial charge in [-0.3, -0.25) is 4.90 Å². The third-order valence-electron chi connectivity index (χ3n) is 3.21. The molecular formula is C11H19NO4. The average Bonchev–Trinajstić information content (AvgIpc) is 2.64. The molecule has 0 radical (unpaired) electrons. The molecule has 2 rings (SSSR count). The van der Waals surface area contributed by atoms with Crippen LogP contribution in [0.1, 0.15) is 19.8 Å². The molecule has 2 aliphatic rings. The lowest BCUT2D eigenvalue weighted by atomic mass is 10.2. The fourth-order valence-electron chi connectivity index (χ4n) is 2.33. The van der Waals surface area contributed by atoms with Crippen LogP contribution in [-0.4, -0.2) is 60.5 Å². The van der Waals surface area contributed by atoms with Gasteiger partial charge in [-0.2, -0.15) is 0 Å². The zero-order chi connectivity index (χ0) is 11.5. The zero-order valence-corrected chi connectivity index (χ0v) is 9.59. The van der Waals surface area contributed by atoms with Crippen LogP contribution in [0, 0.1) is 0 Å². The van der Waals surface area contributed by atoms with Crippen molar-refractivity contribution < 1.29 is 19.4 Å². The molecule has 0 aromatic rings. The van der Waals surface area contributed by atoms with Crippen LogP contribution in [0.3, 0.4) is 0 Å². The average molecular weight is 229 g/mol. The van der Waals surface area contributed by atoms with Crippen molar-refractivity contribution in [2.45, 2.75) is 38.1 Å². The quantitative estimate of drug-likeness (QED) is 0.756. The lowest BCUT2D eigenvalue weighted by molar-refractivity contribution is -0.156. The molecule has 2 fully saturated rings. The predicted molar refractivity (Wildman–Crippen MR) is 57.4 cm³/mol. The van der Waals surface area contributed by atoms with Crippen molar-refractivity contribution in [3.8, 4) is 0 Å². The van der Waals surface area contributed by atoms with E-state index in [1.54, 1.807) is 0 Å². The van der Waals surface area contributed by atoms with Crippen molar-refractivity contribution >= 4 is 5.97 Å². The molecule has 0 amide bonds. The first-order chi connectivity index (χ1) is 7.65. The van der Waals surface area contributed by atoms with Gasteiger partial charge in [-0.05, 0) is 19.8 Å². The van der Waals surface area contributed by atoms with Crippen LogP contribution >= 0.6 is 0 Å². The molecular weight excluding hydrogens is 210 g/mol. The molecule has 0 saturated carbocycles. The first-order valence-corrected chi connectivity index (χ1v) is 5.87. The van der Waals surface area contributed by atoms with E-state index in [1.807, 2.05) is 0 Å². The standard InChI is InChI=1S/C11H19NO4/c1-8-2-3-9(16-8)6-12-4-5-15-10(7-12)11(13)14/h8-10H,2-7H2,1H3,(H,13,14). The molecule has 0 aliphatic carbocycles. The van der Waals surface area contributed by atoms with Crippen LogP contribution in [0.15, 0.2) is 0 Å². The summed E-state index contributed by atoms with van der Waals surface area (Å²) in [4.78, 5) is 12.9. The minimum atomic E-state index is -0.870. The summed E-state index contributed by atoms with van der Waals surface area (Å²) >= 11 is 0.